The maximum absolute atomic E-state index is 14.0. The molecule has 0 unspecified atom stereocenters. The average molecular weight is 387 g/mol. The van der Waals surface area contributed by atoms with Gasteiger partial charge in [-0.3, -0.25) is 14.9 Å². The highest BCUT2D eigenvalue weighted by Crippen LogP contribution is 2.27. The van der Waals surface area contributed by atoms with Crippen LogP contribution in [0.5, 0.6) is 0 Å². The van der Waals surface area contributed by atoms with Gasteiger partial charge in [0, 0.05) is 16.0 Å². The molecule has 0 aliphatic rings. The van der Waals surface area contributed by atoms with E-state index < -0.39 is 5.82 Å². The molecule has 0 saturated carbocycles. The smallest absolute Gasteiger partial charge is 0.236 e. The zero-order chi connectivity index (χ0) is 18.5. The van der Waals surface area contributed by atoms with Crippen molar-refractivity contribution in [3.63, 3.8) is 0 Å². The third kappa shape index (κ3) is 4.53. The van der Waals surface area contributed by atoms with Crippen LogP contribution in [0.15, 0.2) is 53.4 Å². The Balaban J connectivity index is 1.58. The summed E-state index contributed by atoms with van der Waals surface area (Å²) >= 11 is 2.33. The highest BCUT2D eigenvalue weighted by atomic mass is 32.2. The zero-order valence-electron chi connectivity index (χ0n) is 13.7. The minimum Gasteiger partial charge on any atom is -0.300 e. The van der Waals surface area contributed by atoms with Gasteiger partial charge in [-0.15, -0.1) is 22.0 Å². The number of carbonyl (C=O) groups excluding carboxylic acids is 2. The second-order valence-corrected chi connectivity index (χ2v) is 7.31. The van der Waals surface area contributed by atoms with E-state index in [0.29, 0.717) is 20.6 Å². The van der Waals surface area contributed by atoms with Crippen molar-refractivity contribution in [2.75, 3.05) is 11.1 Å². The maximum Gasteiger partial charge on any atom is 0.236 e. The van der Waals surface area contributed by atoms with Gasteiger partial charge in [0.25, 0.3) is 0 Å². The highest BCUT2D eigenvalue weighted by molar-refractivity contribution is 8.00. The van der Waals surface area contributed by atoms with Crippen LogP contribution < -0.4 is 5.32 Å². The van der Waals surface area contributed by atoms with Gasteiger partial charge < -0.3 is 0 Å². The maximum atomic E-state index is 14.0. The fraction of sp³-hybridized carbons (Fsp3) is 0.111. The van der Waals surface area contributed by atoms with Crippen LogP contribution in [0, 0.1) is 5.82 Å². The van der Waals surface area contributed by atoms with Crippen LogP contribution in [0.4, 0.5) is 9.52 Å². The number of benzene rings is 2. The van der Waals surface area contributed by atoms with Crippen LogP contribution in [-0.2, 0) is 4.79 Å². The summed E-state index contributed by atoms with van der Waals surface area (Å²) in [4.78, 5) is 23.6. The molecule has 1 heterocycles. The second kappa shape index (κ2) is 8.20. The molecule has 0 fully saturated rings. The van der Waals surface area contributed by atoms with Crippen molar-refractivity contribution < 1.29 is 14.0 Å². The predicted molar refractivity (Wildman–Crippen MR) is 101 cm³/mol. The summed E-state index contributed by atoms with van der Waals surface area (Å²) in [7, 11) is 0. The van der Waals surface area contributed by atoms with Crippen LogP contribution in [0.2, 0.25) is 0 Å². The molecule has 1 N–H and O–H groups in total. The van der Waals surface area contributed by atoms with Gasteiger partial charge in [-0.1, -0.05) is 47.7 Å². The van der Waals surface area contributed by atoms with Crippen molar-refractivity contribution in [3.05, 3.63) is 59.9 Å². The standard InChI is InChI=1S/C18H14FN3O2S2/c1-11(23)13-7-8-15(14(19)9-13)25-10-16(24)20-18-22-21-17(26-18)12-5-3-2-4-6-12/h2-9H,10H2,1H3,(H,20,22,24). The lowest BCUT2D eigenvalue weighted by Gasteiger charge is -2.04. The Bertz CT molecular complexity index is 945. The van der Waals surface area contributed by atoms with Crippen molar-refractivity contribution in [3.8, 4) is 10.6 Å². The number of thioether (sulfide) groups is 1. The fourth-order valence-electron chi connectivity index (χ4n) is 2.11. The molecule has 26 heavy (non-hydrogen) atoms. The summed E-state index contributed by atoms with van der Waals surface area (Å²) in [5, 5.41) is 11.8. The first-order valence-corrected chi connectivity index (χ1v) is 9.45. The molecular weight excluding hydrogens is 373 g/mol. The number of nitrogens with zero attached hydrogens (tertiary/aromatic N) is 2. The fourth-order valence-corrected chi connectivity index (χ4v) is 3.59. The molecule has 1 amide bonds. The molecule has 3 aromatic rings. The normalized spacial score (nSPS) is 10.5. The van der Waals surface area contributed by atoms with Gasteiger partial charge in [0.1, 0.15) is 10.8 Å². The summed E-state index contributed by atoms with van der Waals surface area (Å²) in [5.74, 6) is -1.00. The molecular formula is C18H14FN3O2S2. The number of halogens is 1. The summed E-state index contributed by atoms with van der Waals surface area (Å²) in [6, 6.07) is 13.8. The lowest BCUT2D eigenvalue weighted by Crippen LogP contribution is -2.14. The lowest BCUT2D eigenvalue weighted by molar-refractivity contribution is -0.113. The Hall–Kier alpha value is -2.58. The van der Waals surface area contributed by atoms with E-state index in [-0.39, 0.29) is 17.4 Å². The molecule has 2 aromatic carbocycles. The molecule has 0 radical (unpaired) electrons. The van der Waals surface area contributed by atoms with Crippen LogP contribution >= 0.6 is 23.1 Å². The van der Waals surface area contributed by atoms with Crippen LogP contribution in [0.3, 0.4) is 0 Å². The van der Waals surface area contributed by atoms with E-state index in [0.717, 1.165) is 17.3 Å². The van der Waals surface area contributed by atoms with E-state index in [1.54, 1.807) is 6.07 Å². The number of nitrogens with one attached hydrogen (secondary N) is 1. The number of carbonyl (C=O) groups is 2. The van der Waals surface area contributed by atoms with Gasteiger partial charge in [0.2, 0.25) is 11.0 Å². The second-order valence-electron chi connectivity index (χ2n) is 5.32. The largest absolute Gasteiger partial charge is 0.300 e. The zero-order valence-corrected chi connectivity index (χ0v) is 15.4. The van der Waals surface area contributed by atoms with E-state index in [1.165, 1.54) is 30.4 Å². The van der Waals surface area contributed by atoms with Crippen molar-refractivity contribution in [1.82, 2.24) is 10.2 Å². The number of rotatable bonds is 6. The third-order valence-electron chi connectivity index (χ3n) is 3.39. The third-order valence-corrected chi connectivity index (χ3v) is 5.33. The molecule has 0 aliphatic heterocycles. The first kappa shape index (κ1) is 18.2. The van der Waals surface area contributed by atoms with Gasteiger partial charge in [-0.2, -0.15) is 0 Å². The van der Waals surface area contributed by atoms with Gasteiger partial charge in [0.05, 0.1) is 5.75 Å². The monoisotopic (exact) mass is 387 g/mol. The van der Waals surface area contributed by atoms with Crippen molar-refractivity contribution in [2.24, 2.45) is 0 Å². The van der Waals surface area contributed by atoms with E-state index in [9.17, 15) is 14.0 Å². The number of anilines is 1. The van der Waals surface area contributed by atoms with Crippen molar-refractivity contribution in [2.45, 2.75) is 11.8 Å². The van der Waals surface area contributed by atoms with Crippen molar-refractivity contribution in [1.29, 1.82) is 0 Å². The SMILES string of the molecule is CC(=O)c1ccc(SCC(=O)Nc2nnc(-c3ccccc3)s2)c(F)c1. The quantitative estimate of drug-likeness (QED) is 0.505. The Morgan fingerprint density at radius 3 is 2.62 bits per heavy atom. The lowest BCUT2D eigenvalue weighted by atomic mass is 10.1. The van der Waals surface area contributed by atoms with E-state index in [1.807, 2.05) is 30.3 Å². The molecule has 0 aliphatic carbocycles. The van der Waals surface area contributed by atoms with E-state index in [2.05, 4.69) is 15.5 Å². The van der Waals surface area contributed by atoms with E-state index in [4.69, 9.17) is 0 Å². The Morgan fingerprint density at radius 2 is 1.92 bits per heavy atom. The van der Waals surface area contributed by atoms with E-state index >= 15 is 0 Å². The summed E-state index contributed by atoms with van der Waals surface area (Å²) in [5.41, 5.74) is 1.23. The first-order valence-electron chi connectivity index (χ1n) is 7.65. The van der Waals surface area contributed by atoms with Gasteiger partial charge in [-0.05, 0) is 19.1 Å². The van der Waals surface area contributed by atoms with Gasteiger partial charge in [0.15, 0.2) is 5.78 Å². The summed E-state index contributed by atoms with van der Waals surface area (Å²) < 4.78 is 14.0. The highest BCUT2D eigenvalue weighted by Gasteiger charge is 2.12. The number of hydrogen-bond donors (Lipinski definition) is 1. The molecule has 0 bridgehead atoms. The number of aromatic nitrogens is 2. The molecule has 132 valence electrons. The summed E-state index contributed by atoms with van der Waals surface area (Å²) in [6.07, 6.45) is 0. The Kier molecular flexibility index (Phi) is 5.75. The van der Waals surface area contributed by atoms with Gasteiger partial charge in [-0.25, -0.2) is 4.39 Å². The average Bonchev–Trinajstić information content (AvgIpc) is 3.09. The first-order chi connectivity index (χ1) is 12.5. The molecule has 1 aromatic heterocycles. The number of Topliss-reactive ketones (excluding diaryl/α,β-unsaturated/α-hetero) is 1. The predicted octanol–water partition coefficient (Wildman–Crippen LogP) is 4.28. The van der Waals surface area contributed by atoms with Crippen LogP contribution in [0.25, 0.3) is 10.6 Å². The Labute approximate surface area is 157 Å². The minimum atomic E-state index is -0.516. The molecule has 0 spiro atoms. The van der Waals surface area contributed by atoms with Crippen molar-refractivity contribution >= 4 is 39.9 Å². The summed E-state index contributed by atoms with van der Waals surface area (Å²) in [6.45, 7) is 1.38. The molecule has 0 saturated heterocycles. The molecule has 0 atom stereocenters. The number of hydrogen-bond acceptors (Lipinski definition) is 6. The molecule has 8 heteroatoms. The molecule has 5 nitrogen and oxygen atoms in total. The number of ketones is 1. The minimum absolute atomic E-state index is 0.0244. The van der Waals surface area contributed by atoms with Crippen LogP contribution in [0.1, 0.15) is 17.3 Å². The topological polar surface area (TPSA) is 72.0 Å². The van der Waals surface area contributed by atoms with Gasteiger partial charge >= 0.3 is 0 Å². The van der Waals surface area contributed by atoms with Crippen LogP contribution in [-0.4, -0.2) is 27.6 Å². The molecule has 3 rings (SSSR count). The Morgan fingerprint density at radius 1 is 1.15 bits per heavy atom. The number of amides is 1.